The SMILES string of the molecule is CCCCCNc1nc(C)cc(Nc2ccccc2)n1. The summed E-state index contributed by atoms with van der Waals surface area (Å²) in [6.45, 7) is 5.10. The van der Waals surface area contributed by atoms with Crippen molar-refractivity contribution < 1.29 is 0 Å². The van der Waals surface area contributed by atoms with Gasteiger partial charge in [0.1, 0.15) is 5.82 Å². The quantitative estimate of drug-likeness (QED) is 0.743. The number of unbranched alkanes of at least 4 members (excludes halogenated alkanes) is 2. The lowest BCUT2D eigenvalue weighted by Gasteiger charge is -2.09. The van der Waals surface area contributed by atoms with Crippen LogP contribution in [0.15, 0.2) is 36.4 Å². The highest BCUT2D eigenvalue weighted by Gasteiger charge is 2.02. The second kappa shape index (κ2) is 7.48. The van der Waals surface area contributed by atoms with Gasteiger partial charge in [0.2, 0.25) is 5.95 Å². The van der Waals surface area contributed by atoms with E-state index in [1.54, 1.807) is 0 Å². The average Bonchev–Trinajstić information content (AvgIpc) is 2.44. The minimum atomic E-state index is 0.694. The van der Waals surface area contributed by atoms with Gasteiger partial charge in [0, 0.05) is 24.0 Å². The van der Waals surface area contributed by atoms with E-state index in [2.05, 4.69) is 27.5 Å². The summed E-state index contributed by atoms with van der Waals surface area (Å²) < 4.78 is 0. The summed E-state index contributed by atoms with van der Waals surface area (Å²) in [6.07, 6.45) is 3.60. The van der Waals surface area contributed by atoms with Gasteiger partial charge in [-0.2, -0.15) is 4.98 Å². The van der Waals surface area contributed by atoms with Crippen LogP contribution in [-0.4, -0.2) is 16.5 Å². The molecule has 2 aromatic rings. The normalized spacial score (nSPS) is 10.3. The number of anilines is 3. The van der Waals surface area contributed by atoms with Crippen molar-refractivity contribution in [3.05, 3.63) is 42.1 Å². The number of aromatic nitrogens is 2. The van der Waals surface area contributed by atoms with Gasteiger partial charge in [-0.25, -0.2) is 4.98 Å². The molecule has 1 aromatic carbocycles. The van der Waals surface area contributed by atoms with Gasteiger partial charge in [-0.05, 0) is 25.5 Å². The molecule has 0 unspecified atom stereocenters. The summed E-state index contributed by atoms with van der Waals surface area (Å²) in [4.78, 5) is 8.90. The number of hydrogen-bond donors (Lipinski definition) is 2. The van der Waals surface area contributed by atoms with E-state index >= 15 is 0 Å². The van der Waals surface area contributed by atoms with Crippen LogP contribution in [0.2, 0.25) is 0 Å². The maximum Gasteiger partial charge on any atom is 0.224 e. The molecule has 4 nitrogen and oxygen atoms in total. The van der Waals surface area contributed by atoms with E-state index in [9.17, 15) is 0 Å². The van der Waals surface area contributed by atoms with Crippen LogP contribution in [0.1, 0.15) is 31.9 Å². The lowest BCUT2D eigenvalue weighted by Crippen LogP contribution is -2.07. The zero-order chi connectivity index (χ0) is 14.2. The Kier molecular flexibility index (Phi) is 5.35. The molecule has 4 heteroatoms. The third kappa shape index (κ3) is 4.53. The minimum absolute atomic E-state index is 0.694. The Morgan fingerprint density at radius 3 is 2.60 bits per heavy atom. The zero-order valence-electron chi connectivity index (χ0n) is 12.2. The molecule has 0 radical (unpaired) electrons. The van der Waals surface area contributed by atoms with Gasteiger partial charge in [0.25, 0.3) is 0 Å². The first-order valence-corrected chi connectivity index (χ1v) is 7.19. The lowest BCUT2D eigenvalue weighted by molar-refractivity contribution is 0.740. The van der Waals surface area contributed by atoms with Crippen LogP contribution < -0.4 is 10.6 Å². The molecule has 0 bridgehead atoms. The van der Waals surface area contributed by atoms with Crippen molar-refractivity contribution >= 4 is 17.5 Å². The van der Waals surface area contributed by atoms with E-state index in [1.807, 2.05) is 43.3 Å². The fourth-order valence-corrected chi connectivity index (χ4v) is 1.96. The van der Waals surface area contributed by atoms with Crippen LogP contribution in [0.25, 0.3) is 0 Å². The Balaban J connectivity index is 2.01. The molecule has 0 fully saturated rings. The molecule has 0 amide bonds. The standard InChI is InChI=1S/C16H22N4/c1-3-4-8-11-17-16-18-13(2)12-15(20-16)19-14-9-6-5-7-10-14/h5-7,9-10,12H,3-4,8,11H2,1-2H3,(H2,17,18,19,20). The molecule has 2 rings (SSSR count). The van der Waals surface area contributed by atoms with E-state index in [4.69, 9.17) is 0 Å². The lowest BCUT2D eigenvalue weighted by atomic mass is 10.2. The summed E-state index contributed by atoms with van der Waals surface area (Å²) in [7, 11) is 0. The Morgan fingerprint density at radius 1 is 1.05 bits per heavy atom. The Labute approximate surface area is 120 Å². The van der Waals surface area contributed by atoms with Crippen LogP contribution in [0, 0.1) is 6.92 Å². The van der Waals surface area contributed by atoms with Crippen LogP contribution in [-0.2, 0) is 0 Å². The zero-order valence-corrected chi connectivity index (χ0v) is 12.2. The number of para-hydroxylation sites is 1. The number of hydrogen-bond acceptors (Lipinski definition) is 4. The molecule has 0 saturated carbocycles. The first-order valence-electron chi connectivity index (χ1n) is 7.19. The van der Waals surface area contributed by atoms with Gasteiger partial charge in [0.15, 0.2) is 0 Å². The molecular weight excluding hydrogens is 248 g/mol. The van der Waals surface area contributed by atoms with Crippen LogP contribution >= 0.6 is 0 Å². The largest absolute Gasteiger partial charge is 0.354 e. The topological polar surface area (TPSA) is 49.8 Å². The van der Waals surface area contributed by atoms with E-state index in [0.29, 0.717) is 5.95 Å². The third-order valence-corrected chi connectivity index (χ3v) is 2.96. The molecule has 1 heterocycles. The van der Waals surface area contributed by atoms with Gasteiger partial charge in [-0.3, -0.25) is 0 Å². The smallest absolute Gasteiger partial charge is 0.224 e. The highest BCUT2D eigenvalue weighted by atomic mass is 15.1. The summed E-state index contributed by atoms with van der Waals surface area (Å²) in [5, 5.41) is 6.58. The molecule has 0 spiro atoms. The second-order valence-corrected chi connectivity index (χ2v) is 4.84. The molecular formula is C16H22N4. The molecule has 106 valence electrons. The fraction of sp³-hybridized carbons (Fsp3) is 0.375. The van der Waals surface area contributed by atoms with Gasteiger partial charge in [-0.15, -0.1) is 0 Å². The summed E-state index contributed by atoms with van der Waals surface area (Å²) in [6, 6.07) is 12.0. The van der Waals surface area contributed by atoms with Gasteiger partial charge in [-0.1, -0.05) is 38.0 Å². The molecule has 20 heavy (non-hydrogen) atoms. The second-order valence-electron chi connectivity index (χ2n) is 4.84. The fourth-order valence-electron chi connectivity index (χ4n) is 1.96. The van der Waals surface area contributed by atoms with Crippen molar-refractivity contribution in [2.45, 2.75) is 33.1 Å². The molecule has 2 N–H and O–H groups in total. The monoisotopic (exact) mass is 270 g/mol. The van der Waals surface area contributed by atoms with Crippen molar-refractivity contribution in [3.63, 3.8) is 0 Å². The summed E-state index contributed by atoms with van der Waals surface area (Å²) >= 11 is 0. The van der Waals surface area contributed by atoms with E-state index in [1.165, 1.54) is 12.8 Å². The molecule has 0 atom stereocenters. The van der Waals surface area contributed by atoms with Crippen LogP contribution in [0.5, 0.6) is 0 Å². The van der Waals surface area contributed by atoms with E-state index in [-0.39, 0.29) is 0 Å². The van der Waals surface area contributed by atoms with Gasteiger partial charge in [0.05, 0.1) is 0 Å². The third-order valence-electron chi connectivity index (χ3n) is 2.96. The van der Waals surface area contributed by atoms with Crippen molar-refractivity contribution in [2.75, 3.05) is 17.2 Å². The van der Waals surface area contributed by atoms with Gasteiger partial charge < -0.3 is 10.6 Å². The Morgan fingerprint density at radius 2 is 1.85 bits per heavy atom. The maximum absolute atomic E-state index is 4.49. The number of nitrogens with zero attached hydrogens (tertiary/aromatic N) is 2. The van der Waals surface area contributed by atoms with Crippen molar-refractivity contribution in [1.29, 1.82) is 0 Å². The Bertz CT molecular complexity index is 525. The first-order chi connectivity index (χ1) is 9.78. The summed E-state index contributed by atoms with van der Waals surface area (Å²) in [5.74, 6) is 1.52. The predicted octanol–water partition coefficient (Wildman–Crippen LogP) is 4.13. The number of nitrogens with one attached hydrogen (secondary N) is 2. The highest BCUT2D eigenvalue weighted by Crippen LogP contribution is 2.16. The van der Waals surface area contributed by atoms with Crippen molar-refractivity contribution in [2.24, 2.45) is 0 Å². The number of benzene rings is 1. The molecule has 0 aliphatic rings. The van der Waals surface area contributed by atoms with Crippen molar-refractivity contribution in [1.82, 2.24) is 9.97 Å². The molecule has 1 aromatic heterocycles. The van der Waals surface area contributed by atoms with Crippen LogP contribution in [0.3, 0.4) is 0 Å². The van der Waals surface area contributed by atoms with Gasteiger partial charge >= 0.3 is 0 Å². The Hall–Kier alpha value is -2.10. The van der Waals surface area contributed by atoms with Crippen LogP contribution in [0.4, 0.5) is 17.5 Å². The highest BCUT2D eigenvalue weighted by molar-refractivity contribution is 5.57. The van der Waals surface area contributed by atoms with E-state index in [0.717, 1.165) is 30.2 Å². The molecule has 0 saturated heterocycles. The molecule has 0 aliphatic heterocycles. The molecule has 0 aliphatic carbocycles. The number of rotatable bonds is 7. The predicted molar refractivity (Wildman–Crippen MR) is 84.5 cm³/mol. The first kappa shape index (κ1) is 14.3. The average molecular weight is 270 g/mol. The van der Waals surface area contributed by atoms with Crippen molar-refractivity contribution in [3.8, 4) is 0 Å². The van der Waals surface area contributed by atoms with E-state index < -0.39 is 0 Å². The minimum Gasteiger partial charge on any atom is -0.354 e. The number of aryl methyl sites for hydroxylation is 1. The maximum atomic E-state index is 4.49. The summed E-state index contributed by atoms with van der Waals surface area (Å²) in [5.41, 5.74) is 1.99.